The predicted molar refractivity (Wildman–Crippen MR) is 215 cm³/mol. The van der Waals surface area contributed by atoms with Crippen molar-refractivity contribution in [2.45, 2.75) is 185 Å². The zero-order chi connectivity index (χ0) is 40.6. The molecule has 0 aromatic rings. The molecule has 13 heteroatoms. The molecule has 0 saturated carbocycles. The third-order valence-electron chi connectivity index (χ3n) is 9.16. The molecule has 0 aliphatic carbocycles. The first-order valence-electron chi connectivity index (χ1n) is 20.7. The standard InChI is InChI=1S/C42H72O12S/c1-3-5-7-9-11-13-14-15-16-17-18-19-20-21-22-23-25-27-29-31-38(44)53-35(32-51-37(43)30-28-26-24-12-10-8-6-4-2)33-52-42-41(47)40(46)39(45)36(54-42)34-55(48,49)50/h11,13,15-16,18-19,21-22,35-36,39-42,45-47H,3-10,12,14,17,20,23-34H2,1-2H3,(H,48,49,50)/b13-11+,16-15+,19-18+,22-21+/t35-,36-,39-,40?,41?,42+/m1/s1. The van der Waals surface area contributed by atoms with Gasteiger partial charge in [-0.05, 0) is 57.8 Å². The minimum atomic E-state index is -4.60. The normalized spacial score (nSPS) is 21.3. The van der Waals surface area contributed by atoms with Crippen molar-refractivity contribution >= 4 is 22.1 Å². The Bertz CT molecular complexity index is 1210. The summed E-state index contributed by atoms with van der Waals surface area (Å²) >= 11 is 0. The Balaban J connectivity index is 2.49. The van der Waals surface area contributed by atoms with Crippen LogP contribution < -0.4 is 0 Å². The topological polar surface area (TPSA) is 186 Å². The summed E-state index contributed by atoms with van der Waals surface area (Å²) < 4.78 is 53.8. The number of hydrogen-bond acceptors (Lipinski definition) is 11. The average molecular weight is 801 g/mol. The second-order valence-electron chi connectivity index (χ2n) is 14.3. The van der Waals surface area contributed by atoms with Crippen molar-refractivity contribution in [2.75, 3.05) is 19.0 Å². The van der Waals surface area contributed by atoms with Crippen LogP contribution in [0, 0.1) is 0 Å². The molecule has 1 fully saturated rings. The van der Waals surface area contributed by atoms with Crippen molar-refractivity contribution in [3.8, 4) is 0 Å². The van der Waals surface area contributed by atoms with Crippen LogP contribution in [0.5, 0.6) is 0 Å². The van der Waals surface area contributed by atoms with Crippen LogP contribution in [-0.2, 0) is 38.7 Å². The fourth-order valence-electron chi connectivity index (χ4n) is 5.89. The fourth-order valence-corrected chi connectivity index (χ4v) is 6.58. The Morgan fingerprint density at radius 2 is 1.09 bits per heavy atom. The summed E-state index contributed by atoms with van der Waals surface area (Å²) in [7, 11) is -4.60. The van der Waals surface area contributed by atoms with E-state index in [1.54, 1.807) is 0 Å². The lowest BCUT2D eigenvalue weighted by Gasteiger charge is -2.40. The second-order valence-corrected chi connectivity index (χ2v) is 15.8. The van der Waals surface area contributed by atoms with Crippen molar-refractivity contribution in [2.24, 2.45) is 0 Å². The molecule has 1 aliphatic heterocycles. The zero-order valence-electron chi connectivity index (χ0n) is 33.5. The summed E-state index contributed by atoms with van der Waals surface area (Å²) in [6.45, 7) is 3.64. The van der Waals surface area contributed by atoms with Gasteiger partial charge in [0.15, 0.2) is 12.4 Å². The molecule has 1 rings (SSSR count). The van der Waals surface area contributed by atoms with Crippen molar-refractivity contribution < 1.29 is 56.8 Å². The number of rotatable bonds is 33. The molecular weight excluding hydrogens is 729 g/mol. The number of carbonyl (C=O) groups is 2. The molecule has 6 atom stereocenters. The molecular formula is C42H72O12S. The van der Waals surface area contributed by atoms with E-state index in [4.69, 9.17) is 18.9 Å². The summed E-state index contributed by atoms with van der Waals surface area (Å²) in [4.78, 5) is 25.2. The molecule has 12 nitrogen and oxygen atoms in total. The van der Waals surface area contributed by atoms with Gasteiger partial charge in [-0.2, -0.15) is 8.42 Å². The molecule has 0 aromatic carbocycles. The maximum Gasteiger partial charge on any atom is 0.306 e. The summed E-state index contributed by atoms with van der Waals surface area (Å²) in [5.74, 6) is -2.03. The highest BCUT2D eigenvalue weighted by Crippen LogP contribution is 2.24. The van der Waals surface area contributed by atoms with Gasteiger partial charge in [0.2, 0.25) is 0 Å². The van der Waals surface area contributed by atoms with Crippen molar-refractivity contribution in [3.63, 3.8) is 0 Å². The molecule has 0 amide bonds. The van der Waals surface area contributed by atoms with E-state index in [-0.39, 0.29) is 19.4 Å². The first kappa shape index (κ1) is 50.6. The van der Waals surface area contributed by atoms with E-state index in [9.17, 15) is 37.9 Å². The number of aliphatic hydroxyl groups is 3. The number of ether oxygens (including phenoxy) is 4. The van der Waals surface area contributed by atoms with Crippen molar-refractivity contribution in [1.29, 1.82) is 0 Å². The maximum atomic E-state index is 12.7. The monoisotopic (exact) mass is 800 g/mol. The third-order valence-corrected chi connectivity index (χ3v) is 9.91. The maximum absolute atomic E-state index is 12.7. The van der Waals surface area contributed by atoms with E-state index < -0.39 is 71.2 Å². The Morgan fingerprint density at radius 1 is 0.618 bits per heavy atom. The van der Waals surface area contributed by atoms with Gasteiger partial charge in [-0.3, -0.25) is 14.1 Å². The lowest BCUT2D eigenvalue weighted by molar-refractivity contribution is -0.297. The smallest absolute Gasteiger partial charge is 0.306 e. The van der Waals surface area contributed by atoms with Crippen LogP contribution in [-0.4, -0.2) is 96.0 Å². The van der Waals surface area contributed by atoms with Crippen LogP contribution in [0.1, 0.15) is 149 Å². The number of aliphatic hydroxyl groups excluding tert-OH is 3. The molecule has 2 unspecified atom stereocenters. The number of hydrogen-bond donors (Lipinski definition) is 4. The third kappa shape index (κ3) is 27.8. The summed E-state index contributed by atoms with van der Waals surface area (Å²) in [5.41, 5.74) is 0. The summed E-state index contributed by atoms with van der Waals surface area (Å²) in [6, 6.07) is 0. The largest absolute Gasteiger partial charge is 0.462 e. The second kappa shape index (κ2) is 32.7. The first-order chi connectivity index (χ1) is 26.5. The number of esters is 2. The van der Waals surface area contributed by atoms with E-state index in [2.05, 4.69) is 62.5 Å². The van der Waals surface area contributed by atoms with Gasteiger partial charge in [0.25, 0.3) is 10.1 Å². The Hall–Kier alpha value is -2.39. The van der Waals surface area contributed by atoms with Gasteiger partial charge in [0.05, 0.1) is 6.61 Å². The van der Waals surface area contributed by atoms with Crippen LogP contribution in [0.15, 0.2) is 48.6 Å². The molecule has 4 N–H and O–H groups in total. The van der Waals surface area contributed by atoms with Gasteiger partial charge < -0.3 is 34.3 Å². The molecule has 0 spiro atoms. The van der Waals surface area contributed by atoms with Gasteiger partial charge >= 0.3 is 11.9 Å². The van der Waals surface area contributed by atoms with Gasteiger partial charge in [-0.25, -0.2) is 0 Å². The van der Waals surface area contributed by atoms with Crippen LogP contribution in [0.2, 0.25) is 0 Å². The van der Waals surface area contributed by atoms with Gasteiger partial charge in [0, 0.05) is 12.8 Å². The molecule has 1 aliphatic rings. The molecule has 318 valence electrons. The van der Waals surface area contributed by atoms with E-state index >= 15 is 0 Å². The van der Waals surface area contributed by atoms with Crippen molar-refractivity contribution in [1.82, 2.24) is 0 Å². The van der Waals surface area contributed by atoms with E-state index in [0.29, 0.717) is 12.8 Å². The zero-order valence-corrected chi connectivity index (χ0v) is 34.3. The van der Waals surface area contributed by atoms with Crippen LogP contribution in [0.4, 0.5) is 0 Å². The highest BCUT2D eigenvalue weighted by atomic mass is 32.2. The number of unbranched alkanes of at least 4 members (excludes halogenated alkanes) is 13. The highest BCUT2D eigenvalue weighted by molar-refractivity contribution is 7.85. The van der Waals surface area contributed by atoms with Gasteiger partial charge in [-0.1, -0.05) is 127 Å². The summed E-state index contributed by atoms with van der Waals surface area (Å²) in [6.07, 6.45) is 27.5. The average Bonchev–Trinajstić information content (AvgIpc) is 3.14. The highest BCUT2D eigenvalue weighted by Gasteiger charge is 2.46. The molecule has 0 radical (unpaired) electrons. The Labute approximate surface area is 331 Å². The molecule has 55 heavy (non-hydrogen) atoms. The van der Waals surface area contributed by atoms with Crippen LogP contribution >= 0.6 is 0 Å². The van der Waals surface area contributed by atoms with Gasteiger partial charge in [-0.15, -0.1) is 0 Å². The van der Waals surface area contributed by atoms with Gasteiger partial charge in [0.1, 0.15) is 36.8 Å². The molecule has 0 aromatic heterocycles. The van der Waals surface area contributed by atoms with Crippen molar-refractivity contribution in [3.05, 3.63) is 48.6 Å². The quantitative estimate of drug-likeness (QED) is 0.0221. The lowest BCUT2D eigenvalue weighted by atomic mass is 10.00. The molecule has 0 bridgehead atoms. The minimum absolute atomic E-state index is 0.126. The number of carbonyl (C=O) groups excluding carboxylic acids is 2. The molecule has 1 heterocycles. The Morgan fingerprint density at radius 3 is 1.65 bits per heavy atom. The van der Waals surface area contributed by atoms with E-state index in [1.165, 1.54) is 44.9 Å². The van der Waals surface area contributed by atoms with E-state index in [1.807, 2.05) is 0 Å². The molecule has 1 saturated heterocycles. The minimum Gasteiger partial charge on any atom is -0.462 e. The number of allylic oxidation sites excluding steroid dienone is 8. The summed E-state index contributed by atoms with van der Waals surface area (Å²) in [5, 5.41) is 30.7. The predicted octanol–water partition coefficient (Wildman–Crippen LogP) is 7.61. The fraction of sp³-hybridized carbons (Fsp3) is 0.762. The van der Waals surface area contributed by atoms with Crippen LogP contribution in [0.25, 0.3) is 0 Å². The lowest BCUT2D eigenvalue weighted by Crippen LogP contribution is -2.60. The Kier molecular flexibility index (Phi) is 30.1. The first-order valence-corrected chi connectivity index (χ1v) is 22.3. The van der Waals surface area contributed by atoms with Crippen LogP contribution in [0.3, 0.4) is 0 Å². The SMILES string of the molecule is CCCCC/C=C/C/C=C/C/C=C/C/C=C/CCCCCC(=O)O[C@H](COC(=O)CCCCCCCCCC)CO[C@H]1O[C@H](CS(=O)(=O)O)[C@@H](O)C(O)C1O. The van der Waals surface area contributed by atoms with E-state index in [0.717, 1.165) is 64.2 Å².